The summed E-state index contributed by atoms with van der Waals surface area (Å²) in [7, 11) is 0. The Morgan fingerprint density at radius 3 is 2.89 bits per heavy atom. The third-order valence-corrected chi connectivity index (χ3v) is 2.96. The highest BCUT2D eigenvalue weighted by atomic mass is 15.1. The Hall–Kier alpha value is -2.35. The van der Waals surface area contributed by atoms with Crippen molar-refractivity contribution in [3.05, 3.63) is 83.7 Å². The molecule has 88 valence electrons. The first-order chi connectivity index (χ1) is 8.95. The van der Waals surface area contributed by atoms with Crippen molar-refractivity contribution in [3.63, 3.8) is 0 Å². The van der Waals surface area contributed by atoms with Gasteiger partial charge in [0, 0.05) is 24.2 Å². The van der Waals surface area contributed by atoms with Crippen molar-refractivity contribution in [1.82, 2.24) is 4.90 Å². The van der Waals surface area contributed by atoms with Crippen LogP contribution >= 0.6 is 0 Å². The number of hydrogen-bond donors (Lipinski definition) is 0. The van der Waals surface area contributed by atoms with Crippen LogP contribution in [0.1, 0.15) is 0 Å². The van der Waals surface area contributed by atoms with Crippen LogP contribution in [0.4, 0.5) is 0 Å². The predicted molar refractivity (Wildman–Crippen MR) is 73.9 cm³/mol. The second-order valence-corrected chi connectivity index (χ2v) is 4.15. The Morgan fingerprint density at radius 1 is 1.00 bits per heavy atom. The smallest absolute Gasteiger partial charge is 0.0722 e. The number of hydrogen-bond acceptors (Lipinski definition) is 2. The van der Waals surface area contributed by atoms with Gasteiger partial charge in [0.1, 0.15) is 0 Å². The highest BCUT2D eigenvalue weighted by Crippen LogP contribution is 2.10. The summed E-state index contributed by atoms with van der Waals surface area (Å²) in [4.78, 5) is 6.71. The normalized spacial score (nSPS) is 29.1. The summed E-state index contributed by atoms with van der Waals surface area (Å²) in [6, 6.07) is 8.23. The van der Waals surface area contributed by atoms with Crippen LogP contribution in [0.15, 0.2) is 78.1 Å². The minimum absolute atomic E-state index is 0.835. The zero-order chi connectivity index (χ0) is 12.2. The van der Waals surface area contributed by atoms with Gasteiger partial charge in [0.2, 0.25) is 0 Å². The molecule has 2 aliphatic rings. The van der Waals surface area contributed by atoms with Crippen molar-refractivity contribution in [3.8, 4) is 0 Å². The molecule has 0 unspecified atom stereocenters. The van der Waals surface area contributed by atoms with E-state index in [2.05, 4.69) is 52.5 Å². The highest BCUT2D eigenvalue weighted by Gasteiger charge is 2.06. The lowest BCUT2D eigenvalue weighted by molar-refractivity contribution is 0.590. The number of benzene rings is 1. The van der Waals surface area contributed by atoms with Crippen molar-refractivity contribution in [2.75, 3.05) is 6.54 Å². The van der Waals surface area contributed by atoms with Crippen LogP contribution in [0.3, 0.4) is 0 Å². The van der Waals surface area contributed by atoms with E-state index in [9.17, 15) is 0 Å². The van der Waals surface area contributed by atoms with Gasteiger partial charge >= 0.3 is 0 Å². The quantitative estimate of drug-likeness (QED) is 0.669. The second-order valence-electron chi connectivity index (χ2n) is 4.15. The van der Waals surface area contributed by atoms with E-state index in [0.29, 0.717) is 0 Å². The van der Waals surface area contributed by atoms with E-state index in [1.54, 1.807) is 0 Å². The van der Waals surface area contributed by atoms with Gasteiger partial charge in [0.05, 0.1) is 11.1 Å². The first-order valence-electron chi connectivity index (χ1n) is 6.05. The highest BCUT2D eigenvalue weighted by molar-refractivity contribution is 5.57. The molecule has 0 saturated carbocycles. The van der Waals surface area contributed by atoms with E-state index in [1.807, 2.05) is 30.5 Å². The lowest BCUT2D eigenvalue weighted by Crippen LogP contribution is -2.33. The summed E-state index contributed by atoms with van der Waals surface area (Å²) in [5.74, 6) is 0. The van der Waals surface area contributed by atoms with Gasteiger partial charge in [0.25, 0.3) is 0 Å². The Morgan fingerprint density at radius 2 is 1.89 bits per heavy atom. The van der Waals surface area contributed by atoms with Crippen molar-refractivity contribution in [2.45, 2.75) is 0 Å². The molecule has 1 aromatic rings. The Balaban J connectivity index is 2.36. The minimum Gasteiger partial charge on any atom is -0.344 e. The van der Waals surface area contributed by atoms with Crippen molar-refractivity contribution in [2.24, 2.45) is 4.99 Å². The number of para-hydroxylation sites is 1. The van der Waals surface area contributed by atoms with Crippen LogP contribution in [-0.2, 0) is 0 Å². The lowest BCUT2D eigenvalue weighted by Gasteiger charge is -2.21. The predicted octanol–water partition coefficient (Wildman–Crippen LogP) is 1.88. The number of rotatable bonds is 0. The Kier molecular flexibility index (Phi) is 2.92. The van der Waals surface area contributed by atoms with Gasteiger partial charge in [-0.1, -0.05) is 36.4 Å². The maximum Gasteiger partial charge on any atom is 0.0722 e. The fourth-order valence-corrected chi connectivity index (χ4v) is 2.10. The van der Waals surface area contributed by atoms with Gasteiger partial charge < -0.3 is 4.90 Å². The van der Waals surface area contributed by atoms with Crippen LogP contribution in [0.2, 0.25) is 0 Å². The molecule has 0 fully saturated rings. The third kappa shape index (κ3) is 2.05. The number of fused-ring (bicyclic) bond motifs is 2. The van der Waals surface area contributed by atoms with Crippen LogP contribution in [0, 0.1) is 0 Å². The second kappa shape index (κ2) is 4.88. The molecule has 0 radical (unpaired) electrons. The van der Waals surface area contributed by atoms with Gasteiger partial charge in [-0.2, -0.15) is 0 Å². The molecule has 0 bridgehead atoms. The van der Waals surface area contributed by atoms with Crippen molar-refractivity contribution >= 4 is 5.70 Å². The largest absolute Gasteiger partial charge is 0.344 e. The van der Waals surface area contributed by atoms with Gasteiger partial charge in [-0.05, 0) is 24.3 Å². The van der Waals surface area contributed by atoms with Crippen LogP contribution in [0.5, 0.6) is 0 Å². The zero-order valence-electron chi connectivity index (χ0n) is 10.0. The van der Waals surface area contributed by atoms with E-state index in [-0.39, 0.29) is 0 Å². The molecule has 18 heavy (non-hydrogen) atoms. The van der Waals surface area contributed by atoms with E-state index in [1.165, 1.54) is 5.70 Å². The molecular weight excluding hydrogens is 220 g/mol. The van der Waals surface area contributed by atoms with Gasteiger partial charge in [-0.15, -0.1) is 0 Å². The minimum atomic E-state index is 0.835. The molecule has 0 saturated heterocycles. The topological polar surface area (TPSA) is 15.6 Å². The number of allylic oxidation sites excluding steroid dienone is 4. The standard InChI is InChI=1S/C16H14N2/c1-2-6-12-18-13-7-11-17-15-9-5-4-8-14(15)16(18)10-3-1/h1-12H,13H2/b2-1+,10-3-,11-7-,12-6-,16-14-,17-15+. The molecule has 0 atom stereocenters. The maximum absolute atomic E-state index is 4.49. The molecule has 0 spiro atoms. The molecule has 3 rings (SSSR count). The van der Waals surface area contributed by atoms with E-state index in [4.69, 9.17) is 0 Å². The van der Waals surface area contributed by atoms with E-state index >= 15 is 0 Å². The van der Waals surface area contributed by atoms with Gasteiger partial charge in [-0.3, -0.25) is 4.99 Å². The monoisotopic (exact) mass is 234 g/mol. The Bertz CT molecular complexity index is 675. The van der Waals surface area contributed by atoms with Gasteiger partial charge in [-0.25, -0.2) is 0 Å². The zero-order valence-corrected chi connectivity index (χ0v) is 10.0. The first-order valence-corrected chi connectivity index (χ1v) is 6.05. The van der Waals surface area contributed by atoms with Crippen molar-refractivity contribution in [1.29, 1.82) is 0 Å². The van der Waals surface area contributed by atoms with Crippen molar-refractivity contribution < 1.29 is 0 Å². The summed E-state index contributed by atoms with van der Waals surface area (Å²) in [5.41, 5.74) is 1.18. The average molecular weight is 234 g/mol. The number of nitrogens with zero attached hydrogens (tertiary/aromatic N) is 2. The van der Waals surface area contributed by atoms with E-state index in [0.717, 1.165) is 17.1 Å². The molecule has 2 nitrogen and oxygen atoms in total. The van der Waals surface area contributed by atoms with Crippen LogP contribution in [-0.4, -0.2) is 11.4 Å². The summed E-state index contributed by atoms with van der Waals surface area (Å²) >= 11 is 0. The molecule has 2 heteroatoms. The molecule has 0 N–H and O–H groups in total. The third-order valence-electron chi connectivity index (χ3n) is 2.96. The molecule has 2 heterocycles. The SMILES string of the molecule is C1=C\C2=c3/cccc/c3=N\C=C/CN2\C=C/C=C/1. The molecule has 0 aliphatic carbocycles. The summed E-state index contributed by atoms with van der Waals surface area (Å²) in [6.45, 7) is 0.835. The maximum atomic E-state index is 4.49. The molecule has 0 aromatic heterocycles. The summed E-state index contributed by atoms with van der Waals surface area (Å²) in [5, 5.41) is 2.18. The molecule has 1 aromatic carbocycles. The van der Waals surface area contributed by atoms with Crippen LogP contribution < -0.4 is 10.6 Å². The molecule has 2 aliphatic heterocycles. The molecular formula is C16H14N2. The first kappa shape index (κ1) is 10.8. The fraction of sp³-hybridized carbons (Fsp3) is 0.0625. The summed E-state index contributed by atoms with van der Waals surface area (Å²) < 4.78 is 0. The van der Waals surface area contributed by atoms with Gasteiger partial charge in [0.15, 0.2) is 0 Å². The van der Waals surface area contributed by atoms with Crippen LogP contribution in [0.25, 0.3) is 5.70 Å². The summed E-state index contributed by atoms with van der Waals surface area (Å²) in [6.07, 6.45) is 16.4. The lowest BCUT2D eigenvalue weighted by atomic mass is 10.2. The van der Waals surface area contributed by atoms with E-state index < -0.39 is 0 Å². The molecule has 0 amide bonds. The fourth-order valence-electron chi connectivity index (χ4n) is 2.10. The average Bonchev–Trinajstić information content (AvgIpc) is 2.36. The Labute approximate surface area is 106 Å².